The summed E-state index contributed by atoms with van der Waals surface area (Å²) in [7, 11) is -1.40. The zero-order chi connectivity index (χ0) is 18.5. The van der Waals surface area contributed by atoms with Crippen LogP contribution in [0.15, 0.2) is 46.2 Å². The molecule has 5 nitrogen and oxygen atoms in total. The molecule has 26 heavy (non-hydrogen) atoms. The second-order valence-electron chi connectivity index (χ2n) is 5.63. The monoisotopic (exact) mass is 392 g/mol. The maximum atomic E-state index is 12.8. The first-order valence-electron chi connectivity index (χ1n) is 7.87. The van der Waals surface area contributed by atoms with Gasteiger partial charge >= 0.3 is 0 Å². The van der Waals surface area contributed by atoms with Crippen molar-refractivity contribution in [1.82, 2.24) is 10.3 Å². The van der Waals surface area contributed by atoms with E-state index in [-0.39, 0.29) is 29.8 Å². The maximum Gasteiger partial charge on any atom is 0.236 e. The number of hydrogen-bond donors (Lipinski definition) is 1. The molecule has 1 unspecified atom stereocenters. The van der Waals surface area contributed by atoms with Crippen molar-refractivity contribution in [2.75, 3.05) is 5.75 Å². The highest BCUT2D eigenvalue weighted by Crippen LogP contribution is 2.26. The molecule has 0 aliphatic carbocycles. The van der Waals surface area contributed by atoms with E-state index in [1.165, 1.54) is 23.5 Å². The summed E-state index contributed by atoms with van der Waals surface area (Å²) in [6.45, 7) is 2.03. The van der Waals surface area contributed by atoms with E-state index in [2.05, 4.69) is 10.3 Å². The van der Waals surface area contributed by atoms with Crippen LogP contribution in [0.25, 0.3) is 10.8 Å². The highest BCUT2D eigenvalue weighted by Gasteiger charge is 2.16. The third-order valence-electron chi connectivity index (χ3n) is 3.62. The Hall–Kier alpha value is -2.32. The van der Waals surface area contributed by atoms with Gasteiger partial charge in [0.2, 0.25) is 11.8 Å². The van der Waals surface area contributed by atoms with Gasteiger partial charge in [0.25, 0.3) is 0 Å². The number of thiophene rings is 1. The van der Waals surface area contributed by atoms with E-state index in [1.807, 2.05) is 17.5 Å². The van der Waals surface area contributed by atoms with Crippen LogP contribution >= 0.6 is 11.3 Å². The van der Waals surface area contributed by atoms with Crippen molar-refractivity contribution >= 4 is 28.0 Å². The molecule has 8 heteroatoms. The molecule has 136 valence electrons. The Balaban J connectivity index is 1.52. The van der Waals surface area contributed by atoms with Gasteiger partial charge in [-0.3, -0.25) is 9.00 Å². The Kier molecular flexibility index (Phi) is 5.95. The Labute approximate surface area is 156 Å². The van der Waals surface area contributed by atoms with Gasteiger partial charge in [-0.25, -0.2) is 9.37 Å². The van der Waals surface area contributed by atoms with Crippen LogP contribution < -0.4 is 5.32 Å². The van der Waals surface area contributed by atoms with E-state index >= 15 is 0 Å². The predicted octanol–water partition coefficient (Wildman–Crippen LogP) is 3.42. The second kappa shape index (κ2) is 8.37. The average molecular weight is 392 g/mol. The molecule has 1 atom stereocenters. The summed E-state index contributed by atoms with van der Waals surface area (Å²) in [5.41, 5.74) is 1.37. The third kappa shape index (κ3) is 4.86. The fourth-order valence-electron chi connectivity index (χ4n) is 2.27. The molecule has 1 aromatic carbocycles. The number of aromatic nitrogens is 1. The lowest BCUT2D eigenvalue weighted by atomic mass is 10.2. The van der Waals surface area contributed by atoms with Crippen LogP contribution in [0.1, 0.15) is 17.0 Å². The van der Waals surface area contributed by atoms with E-state index in [9.17, 15) is 13.4 Å². The third-order valence-corrected chi connectivity index (χ3v) is 5.65. The van der Waals surface area contributed by atoms with Gasteiger partial charge in [0.05, 0.1) is 16.3 Å². The van der Waals surface area contributed by atoms with Gasteiger partial charge in [0.1, 0.15) is 17.3 Å². The standard InChI is InChI=1S/C18H17FN2O3S2/c1-12-15(21-18(24-12)16-3-2-8-25-16)10-26(23)11-17(22)20-9-13-4-6-14(19)7-5-13/h2-8H,9-11H2,1H3,(H,20,22). The molecule has 1 N–H and O–H groups in total. The number of halogens is 1. The molecule has 0 aliphatic rings. The molecule has 3 aromatic rings. The van der Waals surface area contributed by atoms with Crippen molar-refractivity contribution in [2.24, 2.45) is 0 Å². The van der Waals surface area contributed by atoms with Crippen LogP contribution in [0.3, 0.4) is 0 Å². The zero-order valence-electron chi connectivity index (χ0n) is 14.0. The van der Waals surface area contributed by atoms with Crippen molar-refractivity contribution in [3.8, 4) is 10.8 Å². The van der Waals surface area contributed by atoms with Crippen molar-refractivity contribution in [2.45, 2.75) is 19.2 Å². The van der Waals surface area contributed by atoms with Crippen LogP contribution in [-0.4, -0.2) is 20.9 Å². The van der Waals surface area contributed by atoms with Gasteiger partial charge in [-0.05, 0) is 36.1 Å². The van der Waals surface area contributed by atoms with E-state index < -0.39 is 10.8 Å². The van der Waals surface area contributed by atoms with Crippen molar-refractivity contribution in [3.05, 3.63) is 64.6 Å². The molecular formula is C18H17FN2O3S2. The highest BCUT2D eigenvalue weighted by molar-refractivity contribution is 7.84. The minimum Gasteiger partial charge on any atom is -0.440 e. The van der Waals surface area contributed by atoms with E-state index in [0.29, 0.717) is 17.3 Å². The zero-order valence-corrected chi connectivity index (χ0v) is 15.7. The summed E-state index contributed by atoms with van der Waals surface area (Å²) < 4.78 is 30.7. The van der Waals surface area contributed by atoms with Crippen LogP contribution in [0.2, 0.25) is 0 Å². The normalized spacial score (nSPS) is 12.1. The molecule has 0 aliphatic heterocycles. The summed E-state index contributed by atoms with van der Waals surface area (Å²) >= 11 is 1.51. The number of carbonyl (C=O) groups is 1. The molecule has 0 spiro atoms. The van der Waals surface area contributed by atoms with E-state index in [0.717, 1.165) is 10.4 Å². The molecule has 0 bridgehead atoms. The molecule has 0 saturated heterocycles. The molecule has 0 fully saturated rings. The van der Waals surface area contributed by atoms with Gasteiger partial charge in [-0.2, -0.15) is 0 Å². The summed E-state index contributed by atoms with van der Waals surface area (Å²) in [6.07, 6.45) is 0. The Morgan fingerprint density at radius 3 is 2.77 bits per heavy atom. The second-order valence-corrected chi connectivity index (χ2v) is 8.04. The molecule has 0 saturated carbocycles. The van der Waals surface area contributed by atoms with E-state index in [1.54, 1.807) is 19.1 Å². The first kappa shape index (κ1) is 18.5. The maximum absolute atomic E-state index is 12.8. The first-order valence-corrected chi connectivity index (χ1v) is 10.2. The molecule has 3 rings (SSSR count). The number of rotatable bonds is 7. The molecule has 2 heterocycles. The lowest BCUT2D eigenvalue weighted by Gasteiger charge is -2.05. The van der Waals surface area contributed by atoms with Gasteiger partial charge in [-0.15, -0.1) is 11.3 Å². The summed E-state index contributed by atoms with van der Waals surface area (Å²) in [5.74, 6) is 0.490. The molecule has 0 radical (unpaired) electrons. The largest absolute Gasteiger partial charge is 0.440 e. The number of carbonyl (C=O) groups excluding carboxylic acids is 1. The smallest absolute Gasteiger partial charge is 0.236 e. The fourth-order valence-corrected chi connectivity index (χ4v) is 3.99. The van der Waals surface area contributed by atoms with Gasteiger partial charge in [-0.1, -0.05) is 18.2 Å². The van der Waals surface area contributed by atoms with E-state index in [4.69, 9.17) is 4.42 Å². The van der Waals surface area contributed by atoms with Crippen molar-refractivity contribution in [3.63, 3.8) is 0 Å². The van der Waals surface area contributed by atoms with Crippen LogP contribution in [0.4, 0.5) is 4.39 Å². The highest BCUT2D eigenvalue weighted by atomic mass is 32.2. The Bertz CT molecular complexity index is 905. The van der Waals surface area contributed by atoms with Gasteiger partial charge < -0.3 is 9.73 Å². The van der Waals surface area contributed by atoms with Gasteiger partial charge in [0, 0.05) is 17.3 Å². The first-order chi connectivity index (χ1) is 12.5. The number of nitrogens with one attached hydrogen (secondary N) is 1. The van der Waals surface area contributed by atoms with Crippen LogP contribution in [0.5, 0.6) is 0 Å². The van der Waals surface area contributed by atoms with Crippen molar-refractivity contribution in [1.29, 1.82) is 0 Å². The summed E-state index contributed by atoms with van der Waals surface area (Å²) in [6, 6.07) is 9.66. The minimum atomic E-state index is -1.40. The topological polar surface area (TPSA) is 72.2 Å². The number of aryl methyl sites for hydroxylation is 1. The molecular weight excluding hydrogens is 375 g/mol. The fraction of sp³-hybridized carbons (Fsp3) is 0.222. The van der Waals surface area contributed by atoms with Gasteiger partial charge in [0.15, 0.2) is 0 Å². The Morgan fingerprint density at radius 1 is 1.31 bits per heavy atom. The lowest BCUT2D eigenvalue weighted by molar-refractivity contribution is -0.118. The summed E-state index contributed by atoms with van der Waals surface area (Å²) in [4.78, 5) is 17.2. The van der Waals surface area contributed by atoms with Crippen molar-refractivity contribution < 1.29 is 17.8 Å². The van der Waals surface area contributed by atoms with Crippen LogP contribution in [0, 0.1) is 12.7 Å². The Morgan fingerprint density at radius 2 is 2.08 bits per heavy atom. The average Bonchev–Trinajstić information content (AvgIpc) is 3.25. The van der Waals surface area contributed by atoms with Crippen LogP contribution in [-0.2, 0) is 27.9 Å². The number of hydrogen-bond acceptors (Lipinski definition) is 5. The predicted molar refractivity (Wildman–Crippen MR) is 99.5 cm³/mol. The number of benzene rings is 1. The minimum absolute atomic E-state index is 0.123. The molecule has 1 amide bonds. The number of amides is 1. The number of oxazole rings is 1. The SMILES string of the molecule is Cc1oc(-c2cccs2)nc1CS(=O)CC(=O)NCc1ccc(F)cc1. The summed E-state index contributed by atoms with van der Waals surface area (Å²) in [5, 5.41) is 4.61. The lowest BCUT2D eigenvalue weighted by Crippen LogP contribution is -2.28. The number of nitrogens with zero attached hydrogens (tertiary/aromatic N) is 1. The molecule has 2 aromatic heterocycles. The quantitative estimate of drug-likeness (QED) is 0.669.